The number of hydrogen-bond acceptors (Lipinski definition) is 2. The molecule has 0 aliphatic heterocycles. The van der Waals surface area contributed by atoms with Crippen LogP contribution < -0.4 is 10.5 Å². The average molecular weight is 176 g/mol. The third-order valence-corrected chi connectivity index (χ3v) is 2.18. The van der Waals surface area contributed by atoms with Gasteiger partial charge in [0.05, 0.1) is 12.6 Å². The molecule has 0 aliphatic rings. The van der Waals surface area contributed by atoms with Crippen LogP contribution in [0.5, 0.6) is 5.75 Å². The van der Waals surface area contributed by atoms with Gasteiger partial charge in [0.25, 0.3) is 0 Å². The van der Waals surface area contributed by atoms with Crippen molar-refractivity contribution in [1.29, 1.82) is 0 Å². The molecule has 1 aromatic heterocycles. The van der Waals surface area contributed by atoms with Crippen molar-refractivity contribution in [3.63, 3.8) is 0 Å². The first kappa shape index (κ1) is 7.98. The van der Waals surface area contributed by atoms with Crippen LogP contribution in [-0.4, -0.2) is 12.1 Å². The highest BCUT2D eigenvalue weighted by atomic mass is 16.5. The molecule has 0 radical (unpaired) electrons. The van der Waals surface area contributed by atoms with Crippen LogP contribution in [0.1, 0.15) is 5.56 Å². The molecule has 0 saturated carbocycles. The molecule has 1 aromatic carbocycles. The zero-order valence-electron chi connectivity index (χ0n) is 7.72. The number of nitrogens with two attached hydrogens (primary N) is 1. The maximum Gasteiger partial charge on any atom is 0.130 e. The number of nitrogen functional groups attached to an aromatic ring is 1. The summed E-state index contributed by atoms with van der Waals surface area (Å²) in [5.74, 6) is 0.828. The standard InChI is InChI=1S/C10H12N2O/c1-6-5-12-8-3-7(11)4-9(13-2)10(6)8/h3-5,12H,11H2,1-2H3. The van der Waals surface area contributed by atoms with Crippen LogP contribution in [0.3, 0.4) is 0 Å². The van der Waals surface area contributed by atoms with Gasteiger partial charge < -0.3 is 15.5 Å². The van der Waals surface area contributed by atoms with Gasteiger partial charge in [-0.3, -0.25) is 0 Å². The fraction of sp³-hybridized carbons (Fsp3) is 0.200. The Morgan fingerprint density at radius 3 is 2.85 bits per heavy atom. The van der Waals surface area contributed by atoms with Crippen LogP contribution in [0.25, 0.3) is 10.9 Å². The van der Waals surface area contributed by atoms with Crippen molar-refractivity contribution in [3.05, 3.63) is 23.9 Å². The number of fused-ring (bicyclic) bond motifs is 1. The molecule has 0 unspecified atom stereocenters. The van der Waals surface area contributed by atoms with Crippen LogP contribution in [-0.2, 0) is 0 Å². The molecule has 1 heterocycles. The van der Waals surface area contributed by atoms with Crippen molar-refractivity contribution in [2.75, 3.05) is 12.8 Å². The van der Waals surface area contributed by atoms with Crippen LogP contribution in [0.15, 0.2) is 18.3 Å². The Morgan fingerprint density at radius 2 is 2.15 bits per heavy atom. The second-order valence-corrected chi connectivity index (χ2v) is 3.12. The van der Waals surface area contributed by atoms with E-state index in [9.17, 15) is 0 Å². The van der Waals surface area contributed by atoms with Gasteiger partial charge in [0, 0.05) is 23.3 Å². The molecule has 0 saturated heterocycles. The van der Waals surface area contributed by atoms with E-state index in [1.165, 1.54) is 5.56 Å². The number of benzene rings is 1. The van der Waals surface area contributed by atoms with Gasteiger partial charge in [-0.25, -0.2) is 0 Å². The molecule has 0 spiro atoms. The molecule has 0 fully saturated rings. The molecule has 3 nitrogen and oxygen atoms in total. The fourth-order valence-electron chi connectivity index (χ4n) is 1.58. The molecule has 0 amide bonds. The average Bonchev–Trinajstić information content (AvgIpc) is 2.46. The first-order valence-corrected chi connectivity index (χ1v) is 4.13. The van der Waals surface area contributed by atoms with Crippen molar-refractivity contribution in [1.82, 2.24) is 4.98 Å². The van der Waals surface area contributed by atoms with Gasteiger partial charge in [0.2, 0.25) is 0 Å². The summed E-state index contributed by atoms with van der Waals surface area (Å²) in [5.41, 5.74) is 8.62. The summed E-state index contributed by atoms with van der Waals surface area (Å²) in [5, 5.41) is 1.11. The van der Waals surface area contributed by atoms with E-state index in [1.54, 1.807) is 7.11 Å². The summed E-state index contributed by atoms with van der Waals surface area (Å²) in [6.45, 7) is 2.04. The monoisotopic (exact) mass is 176 g/mol. The summed E-state index contributed by atoms with van der Waals surface area (Å²) in [4.78, 5) is 3.14. The van der Waals surface area contributed by atoms with Crippen LogP contribution >= 0.6 is 0 Å². The Balaban J connectivity index is 2.85. The van der Waals surface area contributed by atoms with E-state index in [4.69, 9.17) is 10.5 Å². The second-order valence-electron chi connectivity index (χ2n) is 3.12. The molecule has 0 atom stereocenters. The largest absolute Gasteiger partial charge is 0.496 e. The summed E-state index contributed by atoms with van der Waals surface area (Å²) in [6.07, 6.45) is 1.95. The minimum absolute atomic E-state index is 0.714. The quantitative estimate of drug-likeness (QED) is 0.653. The van der Waals surface area contributed by atoms with Gasteiger partial charge in [-0.1, -0.05) is 0 Å². The SMILES string of the molecule is COc1cc(N)cc2[nH]cc(C)c12. The number of aromatic nitrogens is 1. The lowest BCUT2D eigenvalue weighted by Gasteiger charge is -2.04. The summed E-state index contributed by atoms with van der Waals surface area (Å²) < 4.78 is 5.25. The molecule has 0 aliphatic carbocycles. The minimum Gasteiger partial charge on any atom is -0.496 e. The van der Waals surface area contributed by atoms with Gasteiger partial charge in [0.1, 0.15) is 5.75 Å². The minimum atomic E-state index is 0.714. The molecule has 3 heteroatoms. The molecule has 68 valence electrons. The summed E-state index contributed by atoms with van der Waals surface area (Å²) in [6, 6.07) is 3.74. The first-order chi connectivity index (χ1) is 6.22. The lowest BCUT2D eigenvalue weighted by Crippen LogP contribution is -1.89. The van der Waals surface area contributed by atoms with E-state index in [1.807, 2.05) is 25.3 Å². The third kappa shape index (κ3) is 1.13. The van der Waals surface area contributed by atoms with Crippen molar-refractivity contribution in [3.8, 4) is 5.75 Å². The predicted molar refractivity (Wildman–Crippen MR) is 54.0 cm³/mol. The number of hydrogen-bond donors (Lipinski definition) is 2. The molecular formula is C10H12N2O. The number of aromatic amines is 1. The van der Waals surface area contributed by atoms with Crippen LogP contribution in [0.4, 0.5) is 5.69 Å². The van der Waals surface area contributed by atoms with Gasteiger partial charge >= 0.3 is 0 Å². The lowest BCUT2D eigenvalue weighted by atomic mass is 10.1. The number of rotatable bonds is 1. The molecule has 2 rings (SSSR count). The normalized spacial score (nSPS) is 10.6. The highest BCUT2D eigenvalue weighted by molar-refractivity contribution is 5.91. The van der Waals surface area contributed by atoms with E-state index in [0.717, 1.165) is 16.7 Å². The number of ether oxygens (including phenoxy) is 1. The Kier molecular flexibility index (Phi) is 1.65. The number of methoxy groups -OCH3 is 1. The smallest absolute Gasteiger partial charge is 0.130 e. The van der Waals surface area contributed by atoms with Gasteiger partial charge in [-0.2, -0.15) is 0 Å². The second kappa shape index (κ2) is 2.69. The molecular weight excluding hydrogens is 164 g/mol. The van der Waals surface area contributed by atoms with E-state index in [0.29, 0.717) is 5.69 Å². The Morgan fingerprint density at radius 1 is 1.38 bits per heavy atom. The third-order valence-electron chi connectivity index (χ3n) is 2.18. The van der Waals surface area contributed by atoms with E-state index < -0.39 is 0 Å². The summed E-state index contributed by atoms with van der Waals surface area (Å²) in [7, 11) is 1.65. The zero-order valence-corrected chi connectivity index (χ0v) is 7.72. The van der Waals surface area contributed by atoms with Crippen molar-refractivity contribution >= 4 is 16.6 Å². The lowest BCUT2D eigenvalue weighted by molar-refractivity contribution is 0.420. The van der Waals surface area contributed by atoms with Crippen molar-refractivity contribution in [2.24, 2.45) is 0 Å². The highest BCUT2D eigenvalue weighted by Gasteiger charge is 2.06. The van der Waals surface area contributed by atoms with E-state index in [-0.39, 0.29) is 0 Å². The number of anilines is 1. The van der Waals surface area contributed by atoms with Gasteiger partial charge in [-0.15, -0.1) is 0 Å². The first-order valence-electron chi connectivity index (χ1n) is 4.13. The molecule has 3 N–H and O–H groups in total. The molecule has 13 heavy (non-hydrogen) atoms. The van der Waals surface area contributed by atoms with Crippen LogP contribution in [0.2, 0.25) is 0 Å². The molecule has 2 aromatic rings. The number of nitrogens with one attached hydrogen (secondary N) is 1. The van der Waals surface area contributed by atoms with E-state index >= 15 is 0 Å². The fourth-order valence-corrected chi connectivity index (χ4v) is 1.58. The topological polar surface area (TPSA) is 51.0 Å². The predicted octanol–water partition coefficient (Wildman–Crippen LogP) is 2.07. The van der Waals surface area contributed by atoms with Crippen molar-refractivity contribution in [2.45, 2.75) is 6.92 Å². The Bertz CT molecular complexity index is 445. The number of H-pyrrole nitrogens is 1. The van der Waals surface area contributed by atoms with Crippen molar-refractivity contribution < 1.29 is 4.74 Å². The number of aryl methyl sites for hydroxylation is 1. The maximum atomic E-state index is 5.71. The van der Waals surface area contributed by atoms with Gasteiger partial charge in [-0.05, 0) is 18.6 Å². The highest BCUT2D eigenvalue weighted by Crippen LogP contribution is 2.30. The van der Waals surface area contributed by atoms with Gasteiger partial charge in [0.15, 0.2) is 0 Å². The summed E-state index contributed by atoms with van der Waals surface area (Å²) >= 11 is 0. The Hall–Kier alpha value is -1.64. The maximum absolute atomic E-state index is 5.71. The molecule has 0 bridgehead atoms. The van der Waals surface area contributed by atoms with Crippen LogP contribution in [0, 0.1) is 6.92 Å². The zero-order chi connectivity index (χ0) is 9.42. The van der Waals surface area contributed by atoms with E-state index in [2.05, 4.69) is 4.98 Å². The Labute approximate surface area is 76.5 Å².